The molecular formula is C10H13N. The largest absolute Gasteiger partial charge is 0.399 e. The third-order valence-electron chi connectivity index (χ3n) is 1.59. The highest BCUT2D eigenvalue weighted by Gasteiger charge is 1.95. The number of hydrogen-bond donors (Lipinski definition) is 1. The van der Waals surface area contributed by atoms with Crippen LogP contribution in [0.25, 0.3) is 5.57 Å². The Balaban J connectivity index is 3.19. The molecule has 2 N–H and O–H groups in total. The lowest BCUT2D eigenvalue weighted by Gasteiger charge is -2.02. The van der Waals surface area contributed by atoms with Crippen LogP contribution < -0.4 is 5.73 Å². The van der Waals surface area contributed by atoms with Gasteiger partial charge in [-0.25, -0.2) is 0 Å². The van der Waals surface area contributed by atoms with Crippen molar-refractivity contribution in [1.82, 2.24) is 0 Å². The molecular weight excluding hydrogens is 134 g/mol. The zero-order valence-corrected chi connectivity index (χ0v) is 7.02. The van der Waals surface area contributed by atoms with E-state index in [-0.39, 0.29) is 0 Å². The second kappa shape index (κ2) is 2.79. The Kier molecular flexibility index (Phi) is 1.99. The minimum atomic E-state index is 0.808. The first kappa shape index (κ1) is 7.86. The molecule has 0 saturated heterocycles. The van der Waals surface area contributed by atoms with Gasteiger partial charge in [-0.15, -0.1) is 0 Å². The maximum Gasteiger partial charge on any atom is 0.0322 e. The summed E-state index contributed by atoms with van der Waals surface area (Å²) in [6.07, 6.45) is 0. The van der Waals surface area contributed by atoms with Gasteiger partial charge in [-0.2, -0.15) is 0 Å². The van der Waals surface area contributed by atoms with Crippen molar-refractivity contribution in [1.29, 1.82) is 0 Å². The van der Waals surface area contributed by atoms with Gasteiger partial charge in [-0.3, -0.25) is 0 Å². The van der Waals surface area contributed by atoms with E-state index in [9.17, 15) is 0 Å². The SMILES string of the molecule is C=C(C)c1cc(C)cc(N)c1. The van der Waals surface area contributed by atoms with Crippen LogP contribution in [0.3, 0.4) is 0 Å². The maximum absolute atomic E-state index is 5.66. The maximum atomic E-state index is 5.66. The summed E-state index contributed by atoms with van der Waals surface area (Å²) < 4.78 is 0. The molecule has 0 bridgehead atoms. The van der Waals surface area contributed by atoms with Crippen LogP contribution in [0.5, 0.6) is 0 Å². The van der Waals surface area contributed by atoms with Gasteiger partial charge < -0.3 is 5.73 Å². The Hall–Kier alpha value is -1.24. The fraction of sp³-hybridized carbons (Fsp3) is 0.200. The number of hydrogen-bond acceptors (Lipinski definition) is 1. The van der Waals surface area contributed by atoms with Gasteiger partial charge in [0.2, 0.25) is 0 Å². The summed E-state index contributed by atoms with van der Waals surface area (Å²) in [5.74, 6) is 0. The third-order valence-corrected chi connectivity index (χ3v) is 1.59. The molecule has 0 unspecified atom stereocenters. The summed E-state index contributed by atoms with van der Waals surface area (Å²) in [6.45, 7) is 7.86. The minimum Gasteiger partial charge on any atom is -0.399 e. The predicted molar refractivity (Wildman–Crippen MR) is 50.3 cm³/mol. The van der Waals surface area contributed by atoms with Gasteiger partial charge in [0.1, 0.15) is 0 Å². The zero-order chi connectivity index (χ0) is 8.43. The molecule has 0 aliphatic carbocycles. The van der Waals surface area contributed by atoms with Crippen LogP contribution in [0, 0.1) is 6.92 Å². The molecule has 1 aromatic rings. The number of allylic oxidation sites excluding steroid dienone is 1. The Bertz CT molecular complexity index is 267. The van der Waals surface area contributed by atoms with E-state index >= 15 is 0 Å². The number of nitrogen functional groups attached to an aromatic ring is 1. The molecule has 1 rings (SSSR count). The van der Waals surface area contributed by atoms with E-state index in [1.807, 2.05) is 26.0 Å². The number of anilines is 1. The lowest BCUT2D eigenvalue weighted by Crippen LogP contribution is -1.88. The van der Waals surface area contributed by atoms with Crippen molar-refractivity contribution in [3.05, 3.63) is 35.9 Å². The lowest BCUT2D eigenvalue weighted by molar-refractivity contribution is 1.44. The first-order valence-electron chi connectivity index (χ1n) is 3.62. The summed E-state index contributed by atoms with van der Waals surface area (Å²) in [7, 11) is 0. The minimum absolute atomic E-state index is 0.808. The molecule has 0 saturated carbocycles. The van der Waals surface area contributed by atoms with Crippen LogP contribution in [0.15, 0.2) is 24.8 Å². The Morgan fingerprint density at radius 2 is 2.00 bits per heavy atom. The number of rotatable bonds is 1. The molecule has 58 valence electrons. The van der Waals surface area contributed by atoms with Crippen LogP contribution in [-0.4, -0.2) is 0 Å². The molecule has 0 fully saturated rings. The van der Waals surface area contributed by atoms with E-state index in [0.717, 1.165) is 16.8 Å². The molecule has 1 heteroatoms. The van der Waals surface area contributed by atoms with Crippen molar-refractivity contribution in [3.8, 4) is 0 Å². The standard InChI is InChI=1S/C10H13N/c1-7(2)9-4-8(3)5-10(11)6-9/h4-6H,1,11H2,2-3H3. The van der Waals surface area contributed by atoms with Gasteiger partial charge in [0.25, 0.3) is 0 Å². The molecule has 0 atom stereocenters. The summed E-state index contributed by atoms with van der Waals surface area (Å²) >= 11 is 0. The highest BCUT2D eigenvalue weighted by Crippen LogP contribution is 2.17. The quantitative estimate of drug-likeness (QED) is 0.607. The summed E-state index contributed by atoms with van der Waals surface area (Å²) in [4.78, 5) is 0. The van der Waals surface area contributed by atoms with E-state index in [1.165, 1.54) is 5.56 Å². The van der Waals surface area contributed by atoms with E-state index in [0.29, 0.717) is 0 Å². The fourth-order valence-corrected chi connectivity index (χ4v) is 1.06. The highest BCUT2D eigenvalue weighted by molar-refractivity contribution is 5.65. The van der Waals surface area contributed by atoms with Gasteiger partial charge in [0, 0.05) is 5.69 Å². The molecule has 0 aliphatic rings. The molecule has 0 aliphatic heterocycles. The topological polar surface area (TPSA) is 26.0 Å². The van der Waals surface area contributed by atoms with Crippen molar-refractivity contribution in [2.75, 3.05) is 5.73 Å². The van der Waals surface area contributed by atoms with E-state index in [4.69, 9.17) is 5.73 Å². The van der Waals surface area contributed by atoms with Crippen molar-refractivity contribution in [2.45, 2.75) is 13.8 Å². The van der Waals surface area contributed by atoms with Gasteiger partial charge >= 0.3 is 0 Å². The Morgan fingerprint density at radius 1 is 1.36 bits per heavy atom. The van der Waals surface area contributed by atoms with Gasteiger partial charge in [0.05, 0.1) is 0 Å². The van der Waals surface area contributed by atoms with Crippen molar-refractivity contribution in [3.63, 3.8) is 0 Å². The summed E-state index contributed by atoms with van der Waals surface area (Å²) in [6, 6.07) is 5.97. The number of benzene rings is 1. The zero-order valence-electron chi connectivity index (χ0n) is 7.02. The normalized spacial score (nSPS) is 9.64. The van der Waals surface area contributed by atoms with Gasteiger partial charge in [0.15, 0.2) is 0 Å². The monoisotopic (exact) mass is 147 g/mol. The van der Waals surface area contributed by atoms with Crippen LogP contribution in [0.2, 0.25) is 0 Å². The van der Waals surface area contributed by atoms with Crippen LogP contribution in [0.1, 0.15) is 18.1 Å². The predicted octanol–water partition coefficient (Wildman–Crippen LogP) is 2.61. The molecule has 11 heavy (non-hydrogen) atoms. The Labute approximate surface area is 67.5 Å². The molecule has 0 aromatic heterocycles. The van der Waals surface area contributed by atoms with Gasteiger partial charge in [-0.1, -0.05) is 18.2 Å². The Morgan fingerprint density at radius 3 is 2.45 bits per heavy atom. The summed E-state index contributed by atoms with van der Waals surface area (Å²) in [5, 5.41) is 0. The smallest absolute Gasteiger partial charge is 0.0322 e. The van der Waals surface area contributed by atoms with Crippen molar-refractivity contribution >= 4 is 11.3 Å². The number of nitrogens with two attached hydrogens (primary N) is 1. The van der Waals surface area contributed by atoms with Crippen molar-refractivity contribution in [2.24, 2.45) is 0 Å². The second-order valence-electron chi connectivity index (χ2n) is 2.91. The molecule has 1 nitrogen and oxygen atoms in total. The lowest BCUT2D eigenvalue weighted by atomic mass is 10.1. The average molecular weight is 147 g/mol. The highest BCUT2D eigenvalue weighted by atomic mass is 14.5. The third kappa shape index (κ3) is 1.84. The first-order chi connectivity index (χ1) is 5.09. The van der Waals surface area contributed by atoms with Crippen LogP contribution in [-0.2, 0) is 0 Å². The average Bonchev–Trinajstić information content (AvgIpc) is 1.85. The van der Waals surface area contributed by atoms with Crippen LogP contribution >= 0.6 is 0 Å². The second-order valence-corrected chi connectivity index (χ2v) is 2.91. The number of aryl methyl sites for hydroxylation is 1. The first-order valence-corrected chi connectivity index (χ1v) is 3.62. The fourth-order valence-electron chi connectivity index (χ4n) is 1.06. The molecule has 0 spiro atoms. The van der Waals surface area contributed by atoms with E-state index < -0.39 is 0 Å². The summed E-state index contributed by atoms with van der Waals surface area (Å²) in [5.41, 5.74) is 9.83. The molecule has 0 amide bonds. The van der Waals surface area contributed by atoms with E-state index in [2.05, 4.69) is 12.6 Å². The van der Waals surface area contributed by atoms with Gasteiger partial charge in [-0.05, 0) is 37.1 Å². The van der Waals surface area contributed by atoms with Crippen molar-refractivity contribution < 1.29 is 0 Å². The molecule has 0 heterocycles. The van der Waals surface area contributed by atoms with Crippen LogP contribution in [0.4, 0.5) is 5.69 Å². The van der Waals surface area contributed by atoms with E-state index in [1.54, 1.807) is 0 Å². The molecule has 1 aromatic carbocycles. The molecule has 0 radical (unpaired) electrons.